The third-order valence-electron chi connectivity index (χ3n) is 2.26. The number of nitrogens with two attached hydrogens (primary N) is 1. The molecule has 2 heterocycles. The maximum absolute atomic E-state index is 12.2. The number of rotatable bonds is 1. The fourth-order valence-corrected chi connectivity index (χ4v) is 1.37. The van der Waals surface area contributed by atoms with Gasteiger partial charge in [-0.15, -0.1) is 0 Å². The van der Waals surface area contributed by atoms with Gasteiger partial charge >= 0.3 is 12.4 Å². The summed E-state index contributed by atoms with van der Waals surface area (Å²) in [5.41, 5.74) is 2.58. The van der Waals surface area contributed by atoms with Crippen molar-refractivity contribution in [2.24, 2.45) is 0 Å². The first-order chi connectivity index (χ1) is 11.4. The van der Waals surface area contributed by atoms with Crippen molar-refractivity contribution in [1.29, 1.82) is 0 Å². The number of halogens is 6. The van der Waals surface area contributed by atoms with Crippen LogP contribution in [0.3, 0.4) is 0 Å². The normalized spacial score (nSPS) is 11.3. The molecule has 25 heavy (non-hydrogen) atoms. The molecule has 0 aliphatic heterocycles. The minimum atomic E-state index is -4.62. The van der Waals surface area contributed by atoms with Crippen molar-refractivity contribution in [1.82, 2.24) is 19.9 Å². The Morgan fingerprint density at radius 1 is 0.880 bits per heavy atom. The van der Waals surface area contributed by atoms with Crippen molar-refractivity contribution in [2.75, 3.05) is 11.1 Å². The lowest BCUT2D eigenvalue weighted by Gasteiger charge is -2.09. The Labute approximate surface area is 136 Å². The summed E-state index contributed by atoms with van der Waals surface area (Å²) in [6.07, 6.45) is -5.11. The second-order valence-corrected chi connectivity index (χ2v) is 4.22. The van der Waals surface area contributed by atoms with Crippen molar-refractivity contribution in [2.45, 2.75) is 19.3 Å². The first-order valence-electron chi connectivity index (χ1n) is 6.22. The Balaban J connectivity index is 0.000000257. The summed E-state index contributed by atoms with van der Waals surface area (Å²) in [7, 11) is 0. The molecule has 0 fully saturated rings. The second kappa shape index (κ2) is 7.72. The number of aromatic nitrogens is 4. The molecular formula is C12H10F6N6O. The molecule has 0 spiro atoms. The number of anilines is 2. The van der Waals surface area contributed by atoms with Gasteiger partial charge in [0.05, 0.1) is 0 Å². The number of carbonyl (C=O) groups excluding carboxylic acids is 1. The van der Waals surface area contributed by atoms with Crippen LogP contribution in [0.4, 0.5) is 38.0 Å². The van der Waals surface area contributed by atoms with Gasteiger partial charge in [-0.1, -0.05) is 0 Å². The fourth-order valence-electron chi connectivity index (χ4n) is 1.37. The monoisotopic (exact) mass is 368 g/mol. The number of alkyl halides is 6. The van der Waals surface area contributed by atoms with Gasteiger partial charge in [-0.2, -0.15) is 26.3 Å². The summed E-state index contributed by atoms with van der Waals surface area (Å²) in [6, 6.07) is 0. The summed E-state index contributed by atoms with van der Waals surface area (Å²) < 4.78 is 72.3. The van der Waals surface area contributed by atoms with Gasteiger partial charge in [-0.3, -0.25) is 4.79 Å². The van der Waals surface area contributed by atoms with Gasteiger partial charge in [0, 0.05) is 31.7 Å². The van der Waals surface area contributed by atoms with E-state index in [2.05, 4.69) is 19.9 Å². The Morgan fingerprint density at radius 2 is 1.32 bits per heavy atom. The van der Waals surface area contributed by atoms with Crippen molar-refractivity contribution in [3.8, 4) is 0 Å². The average molecular weight is 368 g/mol. The molecule has 0 atom stereocenters. The maximum atomic E-state index is 12.2. The number of nitrogens with zero attached hydrogens (tertiary/aromatic N) is 4. The molecule has 3 N–H and O–H groups in total. The highest BCUT2D eigenvalue weighted by atomic mass is 19.4. The van der Waals surface area contributed by atoms with Gasteiger partial charge < -0.3 is 11.1 Å². The molecule has 0 saturated heterocycles. The molecule has 7 nitrogen and oxygen atoms in total. The van der Waals surface area contributed by atoms with E-state index in [1.165, 1.54) is 0 Å². The van der Waals surface area contributed by atoms with Crippen molar-refractivity contribution < 1.29 is 31.1 Å². The fraction of sp³-hybridized carbons (Fsp3) is 0.250. The zero-order valence-electron chi connectivity index (χ0n) is 12.4. The molecule has 136 valence electrons. The van der Waals surface area contributed by atoms with Crippen LogP contribution in [0.1, 0.15) is 18.3 Å². The molecule has 0 aromatic carbocycles. The minimum Gasteiger partial charge on any atom is -0.382 e. The van der Waals surface area contributed by atoms with Crippen LogP contribution < -0.4 is 11.1 Å². The van der Waals surface area contributed by atoms with E-state index in [1.54, 1.807) is 0 Å². The Morgan fingerprint density at radius 3 is 1.72 bits per heavy atom. The quantitative estimate of drug-likeness (QED) is 0.749. The first-order valence-corrected chi connectivity index (χ1v) is 6.22. The molecule has 0 saturated carbocycles. The summed E-state index contributed by atoms with van der Waals surface area (Å²) in [5.74, 6) is -1.80. The number of amides is 1. The highest BCUT2D eigenvalue weighted by Gasteiger charge is 2.36. The zero-order chi connectivity index (χ0) is 19.3. The zero-order valence-corrected chi connectivity index (χ0v) is 12.4. The van der Waals surface area contributed by atoms with Crippen LogP contribution in [0.15, 0.2) is 24.8 Å². The van der Waals surface area contributed by atoms with E-state index in [-0.39, 0.29) is 0 Å². The molecule has 2 rings (SSSR count). The third-order valence-corrected chi connectivity index (χ3v) is 2.26. The van der Waals surface area contributed by atoms with E-state index in [1.807, 2.05) is 5.32 Å². The van der Waals surface area contributed by atoms with Crippen LogP contribution in [0.2, 0.25) is 0 Å². The van der Waals surface area contributed by atoms with E-state index >= 15 is 0 Å². The van der Waals surface area contributed by atoms with E-state index < -0.39 is 41.3 Å². The van der Waals surface area contributed by atoms with Gasteiger partial charge in [-0.25, -0.2) is 19.9 Å². The van der Waals surface area contributed by atoms with Crippen LogP contribution >= 0.6 is 0 Å². The molecule has 2 aromatic rings. The van der Waals surface area contributed by atoms with Crippen LogP contribution in [-0.4, -0.2) is 25.8 Å². The molecule has 0 aliphatic rings. The smallest absolute Gasteiger partial charge is 0.382 e. The largest absolute Gasteiger partial charge is 0.437 e. The summed E-state index contributed by atoms with van der Waals surface area (Å²) >= 11 is 0. The minimum absolute atomic E-state index is 0.576. The summed E-state index contributed by atoms with van der Waals surface area (Å²) in [4.78, 5) is 23.3. The predicted octanol–water partition coefficient (Wildman–Crippen LogP) is 2.53. The average Bonchev–Trinajstić information content (AvgIpc) is 2.46. The van der Waals surface area contributed by atoms with E-state index in [0.29, 0.717) is 0 Å². The van der Waals surface area contributed by atoms with Crippen LogP contribution in [0.5, 0.6) is 0 Å². The molecule has 2 aromatic heterocycles. The van der Waals surface area contributed by atoms with Gasteiger partial charge in [0.25, 0.3) is 0 Å². The lowest BCUT2D eigenvalue weighted by atomic mass is 10.4. The van der Waals surface area contributed by atoms with Crippen molar-refractivity contribution >= 4 is 17.5 Å². The third kappa shape index (κ3) is 6.19. The number of hydrogen-bond donors (Lipinski definition) is 2. The topological polar surface area (TPSA) is 107 Å². The van der Waals surface area contributed by atoms with Gasteiger partial charge in [-0.05, 0) is 0 Å². The van der Waals surface area contributed by atoms with Gasteiger partial charge in [0.15, 0.2) is 23.0 Å². The molecule has 1 amide bonds. The molecule has 0 aliphatic carbocycles. The van der Waals surface area contributed by atoms with E-state index in [0.717, 1.165) is 31.7 Å². The number of nitrogen functional groups attached to an aromatic ring is 1. The van der Waals surface area contributed by atoms with Gasteiger partial charge in [0.1, 0.15) is 0 Å². The maximum Gasteiger partial charge on any atom is 0.437 e. The number of nitrogens with one attached hydrogen (secondary N) is 1. The lowest BCUT2D eigenvalue weighted by Crippen LogP contribution is -2.16. The molecular weight excluding hydrogens is 358 g/mol. The van der Waals surface area contributed by atoms with Crippen LogP contribution in [-0.2, 0) is 17.1 Å². The number of carbonyl (C=O) groups is 1. The SMILES string of the molecule is CC(=O)Nc1nccnc1C(F)(F)F.Nc1nccnc1C(F)(F)F. The highest BCUT2D eigenvalue weighted by Crippen LogP contribution is 2.31. The van der Waals surface area contributed by atoms with E-state index in [4.69, 9.17) is 5.73 Å². The van der Waals surface area contributed by atoms with Crippen molar-refractivity contribution in [3.63, 3.8) is 0 Å². The molecule has 0 bridgehead atoms. The molecule has 13 heteroatoms. The first kappa shape index (κ1) is 20.1. The van der Waals surface area contributed by atoms with E-state index in [9.17, 15) is 31.1 Å². The van der Waals surface area contributed by atoms with Crippen molar-refractivity contribution in [3.05, 3.63) is 36.2 Å². The Bertz CT molecular complexity index is 733. The summed E-state index contributed by atoms with van der Waals surface area (Å²) in [6.45, 7) is 1.09. The van der Waals surface area contributed by atoms with Crippen LogP contribution in [0, 0.1) is 0 Å². The summed E-state index contributed by atoms with van der Waals surface area (Å²) in [5, 5.41) is 1.95. The van der Waals surface area contributed by atoms with Crippen LogP contribution in [0.25, 0.3) is 0 Å². The molecule has 0 unspecified atom stereocenters. The Hall–Kier alpha value is -2.99. The number of hydrogen-bond acceptors (Lipinski definition) is 6. The standard InChI is InChI=1S/C7H6F3N3O.C5H4F3N3/c1-4(14)13-6-5(7(8,9)10)11-2-3-12-6;6-5(7,8)3-4(9)11-2-1-10-3/h2-3H,1H3,(H,12,13,14);1-2H,(H2,9,11). The predicted molar refractivity (Wildman–Crippen MR) is 72.8 cm³/mol. The molecule has 0 radical (unpaired) electrons. The van der Waals surface area contributed by atoms with Gasteiger partial charge in [0.2, 0.25) is 5.91 Å². The second-order valence-electron chi connectivity index (χ2n) is 4.22. The Kier molecular flexibility index (Phi) is 6.19. The lowest BCUT2D eigenvalue weighted by molar-refractivity contribution is -0.141. The highest BCUT2D eigenvalue weighted by molar-refractivity contribution is 5.88.